The zero-order chi connectivity index (χ0) is 21.3. The number of carbonyl (C=O) groups excluding carboxylic acids is 2. The molecule has 1 amide bonds. The molecule has 3 aromatic rings. The number of ketones is 1. The van der Waals surface area contributed by atoms with Gasteiger partial charge in [0, 0.05) is 0 Å². The number of amides is 1. The smallest absolute Gasteiger partial charge is 0.296 e. The van der Waals surface area contributed by atoms with Crippen molar-refractivity contribution in [2.75, 3.05) is 7.11 Å². The Kier molecular flexibility index (Phi) is 5.14. The molecule has 2 heterocycles. The van der Waals surface area contributed by atoms with Crippen LogP contribution in [-0.2, 0) is 16.1 Å². The van der Waals surface area contributed by atoms with Gasteiger partial charge in [0.2, 0.25) is 0 Å². The Morgan fingerprint density at radius 3 is 2.60 bits per heavy atom. The average Bonchev–Trinajstić information content (AvgIpc) is 3.35. The van der Waals surface area contributed by atoms with E-state index in [2.05, 4.69) is 0 Å². The number of likely N-dealkylation sites (tertiary alicyclic amines) is 1. The number of benzene rings is 2. The van der Waals surface area contributed by atoms with Crippen LogP contribution in [0.2, 0.25) is 0 Å². The van der Waals surface area contributed by atoms with Crippen LogP contribution in [0.5, 0.6) is 5.75 Å². The molecular weight excluding hydrogens is 382 g/mol. The quantitative estimate of drug-likeness (QED) is 0.392. The number of aryl methyl sites for hydroxylation is 1. The fourth-order valence-electron chi connectivity index (χ4n) is 3.79. The maximum absolute atomic E-state index is 13.0. The van der Waals surface area contributed by atoms with Crippen molar-refractivity contribution in [2.45, 2.75) is 19.5 Å². The second kappa shape index (κ2) is 7.91. The Morgan fingerprint density at radius 1 is 1.10 bits per heavy atom. The number of furan rings is 1. The van der Waals surface area contributed by atoms with Crippen molar-refractivity contribution < 1.29 is 23.8 Å². The van der Waals surface area contributed by atoms with Crippen LogP contribution >= 0.6 is 0 Å². The van der Waals surface area contributed by atoms with Gasteiger partial charge in [0.1, 0.15) is 17.3 Å². The molecule has 2 aromatic carbocycles. The Bertz CT molecular complexity index is 1130. The minimum Gasteiger partial charge on any atom is -0.507 e. The largest absolute Gasteiger partial charge is 0.507 e. The zero-order valence-electron chi connectivity index (χ0n) is 16.7. The van der Waals surface area contributed by atoms with Crippen LogP contribution < -0.4 is 4.74 Å². The highest BCUT2D eigenvalue weighted by molar-refractivity contribution is 6.46. The molecule has 1 aromatic heterocycles. The van der Waals surface area contributed by atoms with Gasteiger partial charge >= 0.3 is 0 Å². The first-order valence-electron chi connectivity index (χ1n) is 9.52. The molecule has 30 heavy (non-hydrogen) atoms. The summed E-state index contributed by atoms with van der Waals surface area (Å²) < 4.78 is 10.7. The van der Waals surface area contributed by atoms with Gasteiger partial charge in [0.15, 0.2) is 0 Å². The second-order valence-electron chi connectivity index (χ2n) is 7.12. The van der Waals surface area contributed by atoms with Gasteiger partial charge in [-0.15, -0.1) is 0 Å². The molecule has 6 heteroatoms. The first kappa shape index (κ1) is 19.5. The molecule has 1 aliphatic rings. The first-order chi connectivity index (χ1) is 14.5. The summed E-state index contributed by atoms with van der Waals surface area (Å²) in [6.07, 6.45) is 1.52. The van der Waals surface area contributed by atoms with Gasteiger partial charge in [-0.3, -0.25) is 9.59 Å². The molecule has 0 bridgehead atoms. The summed E-state index contributed by atoms with van der Waals surface area (Å²) in [7, 11) is 1.49. The number of nitrogens with zero attached hydrogens (tertiary/aromatic N) is 1. The number of methoxy groups -OCH3 is 1. The Morgan fingerprint density at radius 2 is 1.90 bits per heavy atom. The van der Waals surface area contributed by atoms with E-state index in [1.807, 2.05) is 31.2 Å². The third-order valence-electron chi connectivity index (χ3n) is 5.17. The number of hydrogen-bond donors (Lipinski definition) is 1. The third-order valence-corrected chi connectivity index (χ3v) is 5.17. The lowest BCUT2D eigenvalue weighted by atomic mass is 9.94. The number of aliphatic hydroxyl groups excluding tert-OH is 1. The maximum atomic E-state index is 13.0. The molecule has 1 N–H and O–H groups in total. The average molecular weight is 403 g/mol. The molecule has 4 rings (SSSR count). The van der Waals surface area contributed by atoms with Crippen molar-refractivity contribution in [3.63, 3.8) is 0 Å². The first-order valence-corrected chi connectivity index (χ1v) is 9.52. The third kappa shape index (κ3) is 3.37. The Balaban J connectivity index is 1.91. The molecule has 0 radical (unpaired) electrons. The van der Waals surface area contributed by atoms with Crippen LogP contribution in [0.4, 0.5) is 0 Å². The molecule has 6 nitrogen and oxygen atoms in total. The minimum atomic E-state index is -0.750. The fourth-order valence-corrected chi connectivity index (χ4v) is 3.79. The molecule has 1 unspecified atom stereocenters. The van der Waals surface area contributed by atoms with Crippen molar-refractivity contribution >= 4 is 17.4 Å². The number of aliphatic hydroxyl groups is 1. The van der Waals surface area contributed by atoms with Crippen molar-refractivity contribution in [1.29, 1.82) is 0 Å². The van der Waals surface area contributed by atoms with E-state index < -0.39 is 17.7 Å². The van der Waals surface area contributed by atoms with Crippen LogP contribution in [0, 0.1) is 6.92 Å². The van der Waals surface area contributed by atoms with Crippen molar-refractivity contribution in [3.8, 4) is 5.75 Å². The van der Waals surface area contributed by atoms with E-state index in [9.17, 15) is 14.7 Å². The summed E-state index contributed by atoms with van der Waals surface area (Å²) in [5, 5.41) is 11.1. The van der Waals surface area contributed by atoms with E-state index in [4.69, 9.17) is 9.15 Å². The number of carbonyl (C=O) groups is 2. The standard InChI is InChI=1S/C24H21NO5/c1-15-7-5-8-16(13-15)21-20(22(26)18-10-3-4-11-19(18)29-2)23(27)24(28)25(21)14-17-9-6-12-30-17/h3-13,21,26H,14H2,1-2H3/b22-20-. The lowest BCUT2D eigenvalue weighted by Gasteiger charge is -2.25. The van der Waals surface area contributed by atoms with Gasteiger partial charge in [-0.1, -0.05) is 42.0 Å². The van der Waals surface area contributed by atoms with Crippen LogP contribution in [0.3, 0.4) is 0 Å². The molecule has 1 fully saturated rings. The summed E-state index contributed by atoms with van der Waals surface area (Å²) in [4.78, 5) is 27.4. The van der Waals surface area contributed by atoms with E-state index >= 15 is 0 Å². The molecule has 1 saturated heterocycles. The summed E-state index contributed by atoms with van der Waals surface area (Å²) in [6.45, 7) is 2.04. The number of Topliss-reactive ketones (excluding diaryl/α,β-unsaturated/α-hetero) is 1. The molecule has 1 atom stereocenters. The predicted molar refractivity (Wildman–Crippen MR) is 111 cm³/mol. The normalized spacial score (nSPS) is 18.1. The second-order valence-corrected chi connectivity index (χ2v) is 7.12. The SMILES string of the molecule is COc1ccccc1/C(O)=C1/C(=O)C(=O)N(Cc2ccco2)C1c1cccc(C)c1. The van der Waals surface area contributed by atoms with E-state index in [1.165, 1.54) is 18.3 Å². The van der Waals surface area contributed by atoms with Crippen LogP contribution in [0.15, 0.2) is 76.9 Å². The van der Waals surface area contributed by atoms with Gasteiger partial charge in [-0.25, -0.2) is 0 Å². The highest BCUT2D eigenvalue weighted by Gasteiger charge is 2.46. The predicted octanol–water partition coefficient (Wildman–Crippen LogP) is 4.22. The van der Waals surface area contributed by atoms with E-state index in [-0.39, 0.29) is 17.9 Å². The highest BCUT2D eigenvalue weighted by atomic mass is 16.5. The summed E-state index contributed by atoms with van der Waals surface area (Å²) in [6, 6.07) is 17.1. The summed E-state index contributed by atoms with van der Waals surface area (Å²) >= 11 is 0. The highest BCUT2D eigenvalue weighted by Crippen LogP contribution is 2.41. The fraction of sp³-hybridized carbons (Fsp3) is 0.167. The summed E-state index contributed by atoms with van der Waals surface area (Å²) in [5.41, 5.74) is 2.10. The number of ether oxygens (including phenoxy) is 1. The van der Waals surface area contributed by atoms with Crippen molar-refractivity contribution in [3.05, 3.63) is 95.0 Å². The Hall–Kier alpha value is -3.80. The van der Waals surface area contributed by atoms with Crippen molar-refractivity contribution in [1.82, 2.24) is 4.90 Å². The minimum absolute atomic E-state index is 0.0293. The molecule has 0 spiro atoms. The number of para-hydroxylation sites is 1. The lowest BCUT2D eigenvalue weighted by Crippen LogP contribution is -2.29. The molecule has 152 valence electrons. The van der Waals surface area contributed by atoms with E-state index in [0.29, 0.717) is 17.1 Å². The topological polar surface area (TPSA) is 80.0 Å². The zero-order valence-corrected chi connectivity index (χ0v) is 16.7. The van der Waals surface area contributed by atoms with E-state index in [0.717, 1.165) is 11.1 Å². The van der Waals surface area contributed by atoms with Gasteiger partial charge in [0.25, 0.3) is 11.7 Å². The Labute approximate surface area is 174 Å². The summed E-state index contributed by atoms with van der Waals surface area (Å²) in [5.74, 6) is -0.730. The van der Waals surface area contributed by atoms with E-state index in [1.54, 1.807) is 36.4 Å². The molecular formula is C24H21NO5. The van der Waals surface area contributed by atoms with Gasteiger partial charge in [-0.2, -0.15) is 0 Å². The van der Waals surface area contributed by atoms with Gasteiger partial charge in [0.05, 0.1) is 37.1 Å². The molecule has 0 aliphatic carbocycles. The van der Waals surface area contributed by atoms with Crippen LogP contribution in [0.25, 0.3) is 5.76 Å². The molecule has 1 aliphatic heterocycles. The molecule has 0 saturated carbocycles. The van der Waals surface area contributed by atoms with Crippen LogP contribution in [0.1, 0.15) is 28.5 Å². The van der Waals surface area contributed by atoms with Crippen molar-refractivity contribution in [2.24, 2.45) is 0 Å². The van der Waals surface area contributed by atoms with Gasteiger partial charge < -0.3 is 19.2 Å². The maximum Gasteiger partial charge on any atom is 0.296 e. The van der Waals surface area contributed by atoms with Crippen LogP contribution in [-0.4, -0.2) is 28.8 Å². The van der Waals surface area contributed by atoms with Gasteiger partial charge in [-0.05, 0) is 36.8 Å². The number of rotatable bonds is 5. The lowest BCUT2D eigenvalue weighted by molar-refractivity contribution is -0.140. The number of hydrogen-bond acceptors (Lipinski definition) is 5. The monoisotopic (exact) mass is 403 g/mol.